The summed E-state index contributed by atoms with van der Waals surface area (Å²) in [6.45, 7) is 5.81. The largest absolute Gasteiger partial charge is 2.00 e. The van der Waals surface area contributed by atoms with E-state index >= 15 is 0 Å². The summed E-state index contributed by atoms with van der Waals surface area (Å²) in [6.07, 6.45) is 8.10. The molecule has 0 amide bonds. The molecule has 1 aliphatic heterocycles. The minimum Gasteiger partial charge on any atom is -1.00 e. The fourth-order valence-corrected chi connectivity index (χ4v) is 1.10. The summed E-state index contributed by atoms with van der Waals surface area (Å²) in [6, 6.07) is 0. The second-order valence-electron chi connectivity index (χ2n) is 3.41. The van der Waals surface area contributed by atoms with E-state index in [1.165, 1.54) is 11.1 Å². The first-order chi connectivity index (χ1) is 6.09. The van der Waals surface area contributed by atoms with E-state index in [4.69, 9.17) is 4.80 Å². The van der Waals surface area contributed by atoms with Gasteiger partial charge in [0.15, 0.2) is 9.04 Å². The molecule has 2 nitrogen and oxygen atoms in total. The molecule has 1 heterocycles. The van der Waals surface area contributed by atoms with Gasteiger partial charge in [-0.2, -0.15) is 0 Å². The van der Waals surface area contributed by atoms with Crippen molar-refractivity contribution in [2.45, 2.75) is 20.0 Å². The average Bonchev–Trinajstić information content (AvgIpc) is 2.43. The van der Waals surface area contributed by atoms with Crippen LogP contribution in [0.25, 0.3) is 0 Å². The van der Waals surface area contributed by atoms with Crippen molar-refractivity contribution in [1.29, 1.82) is 0 Å². The number of hydrogen-bond donors (Lipinski definition) is 1. The summed E-state index contributed by atoms with van der Waals surface area (Å²) in [7, 11) is -1.14. The minimum absolute atomic E-state index is 0. The van der Waals surface area contributed by atoms with Gasteiger partial charge in [-0.1, -0.05) is 0 Å². The molecule has 1 N–H and O–H groups in total. The van der Waals surface area contributed by atoms with E-state index in [0.29, 0.717) is 0 Å². The number of rotatable bonds is 0. The zero-order chi connectivity index (χ0) is 9.84. The van der Waals surface area contributed by atoms with Crippen LogP contribution in [0.3, 0.4) is 0 Å². The summed E-state index contributed by atoms with van der Waals surface area (Å²) in [5.74, 6) is 0. The van der Waals surface area contributed by atoms with Crippen molar-refractivity contribution < 1.29 is 55.8 Å². The molecule has 0 bridgehead atoms. The normalized spacial score (nSPS) is 14.2. The molecule has 1 aliphatic carbocycles. The second kappa shape index (κ2) is 10.7. The van der Waals surface area contributed by atoms with Crippen LogP contribution < -0.4 is 24.8 Å². The molecule has 0 aromatic rings. The Kier molecular flexibility index (Phi) is 14.5. The third-order valence-electron chi connectivity index (χ3n) is 1.51. The van der Waals surface area contributed by atoms with Crippen LogP contribution in [0.2, 0.25) is 13.1 Å². The van der Waals surface area contributed by atoms with Gasteiger partial charge in [0, 0.05) is 11.8 Å². The molecule has 0 unspecified atom stereocenters. The van der Waals surface area contributed by atoms with Gasteiger partial charge in [0.2, 0.25) is 0 Å². The average molecular weight is 355 g/mol. The van der Waals surface area contributed by atoms with Crippen molar-refractivity contribution in [2.24, 2.45) is 4.99 Å². The predicted octanol–water partition coefficient (Wildman–Crippen LogP) is -4.19. The van der Waals surface area contributed by atoms with Crippen LogP contribution in [0.5, 0.6) is 0 Å². The maximum absolute atomic E-state index is 8.19. The van der Waals surface area contributed by atoms with Crippen molar-refractivity contribution in [1.82, 2.24) is 0 Å². The first-order valence-electron chi connectivity index (χ1n) is 4.42. The van der Waals surface area contributed by atoms with Crippen LogP contribution in [0.1, 0.15) is 6.92 Å². The maximum atomic E-state index is 8.19. The molecule has 0 atom stereocenters. The zero-order valence-electron chi connectivity index (χ0n) is 9.54. The smallest absolute Gasteiger partial charge is 1.00 e. The van der Waals surface area contributed by atoms with Gasteiger partial charge in [-0.15, -0.1) is 0 Å². The topological polar surface area (TPSA) is 32.6 Å². The Bertz CT molecular complexity index is 322. The van der Waals surface area contributed by atoms with E-state index < -0.39 is 9.04 Å². The maximum Gasteiger partial charge on any atom is 2.00 e. The number of halogens is 2. The summed E-state index contributed by atoms with van der Waals surface area (Å²) in [4.78, 5) is 12.3. The molecule has 88 valence electrons. The molecule has 2 aliphatic rings. The molecule has 0 saturated heterocycles. The van der Waals surface area contributed by atoms with Crippen LogP contribution in [0.4, 0.5) is 0 Å². The molecule has 6 heteroatoms. The molecule has 2 rings (SSSR count). The van der Waals surface area contributed by atoms with Gasteiger partial charge in [0.25, 0.3) is 0 Å². The Balaban J connectivity index is -0.000000218. The van der Waals surface area contributed by atoms with Crippen LogP contribution in [0, 0.1) is 0 Å². The van der Waals surface area contributed by atoms with Gasteiger partial charge in [0.1, 0.15) is 0 Å². The fourth-order valence-electron chi connectivity index (χ4n) is 1.10. The van der Waals surface area contributed by atoms with E-state index in [2.05, 4.69) is 24.1 Å². The van der Waals surface area contributed by atoms with Crippen LogP contribution in [-0.4, -0.2) is 19.5 Å². The molecular formula is C10H15Cl2NOSiZr. The van der Waals surface area contributed by atoms with Gasteiger partial charge < -0.3 is 29.6 Å². The van der Waals surface area contributed by atoms with Crippen molar-refractivity contribution in [3.8, 4) is 0 Å². The van der Waals surface area contributed by atoms with Crippen molar-refractivity contribution >= 4 is 14.8 Å². The van der Waals surface area contributed by atoms with Gasteiger partial charge in [0.05, 0.1) is 5.71 Å². The quantitative estimate of drug-likeness (QED) is 0.440. The first kappa shape index (κ1) is 21.8. The monoisotopic (exact) mass is 353 g/mol. The number of aliphatic imine (C=N–C) groups is 1. The van der Waals surface area contributed by atoms with Gasteiger partial charge in [-0.25, -0.2) is 0 Å². The van der Waals surface area contributed by atoms with Crippen molar-refractivity contribution in [3.63, 3.8) is 0 Å². The predicted molar refractivity (Wildman–Crippen MR) is 59.5 cm³/mol. The standard InChI is InChI=1S/C8H7N.C2H8OSi.2ClH.Zr/c1-6-4-7-2-3-9-8(7)5-6;1-4(2)3;;;/h2-5H,1H3;3-4H,1-2H3;2*1H;/q;;;;+2/p-2. The van der Waals surface area contributed by atoms with E-state index in [1.807, 2.05) is 25.4 Å². The molecule has 16 heavy (non-hydrogen) atoms. The molecular weight excluding hydrogens is 340 g/mol. The molecule has 0 radical (unpaired) electrons. The molecule has 0 fully saturated rings. The summed E-state index contributed by atoms with van der Waals surface area (Å²) >= 11 is 0. The molecule has 0 saturated carbocycles. The number of fused-ring (bicyclic) bond motifs is 1. The van der Waals surface area contributed by atoms with E-state index in [0.717, 1.165) is 5.71 Å². The summed E-state index contributed by atoms with van der Waals surface area (Å²) in [5, 5.41) is 0. The molecule has 0 spiro atoms. The van der Waals surface area contributed by atoms with E-state index in [1.54, 1.807) is 0 Å². The van der Waals surface area contributed by atoms with Crippen molar-refractivity contribution in [2.75, 3.05) is 0 Å². The third kappa shape index (κ3) is 7.75. The van der Waals surface area contributed by atoms with Gasteiger partial charge in [-0.3, -0.25) is 4.99 Å². The zero-order valence-corrected chi connectivity index (χ0v) is 14.7. The first-order valence-corrected chi connectivity index (χ1v) is 7.25. The number of hydrogen-bond acceptors (Lipinski definition) is 2. The molecule has 0 aromatic carbocycles. The Morgan fingerprint density at radius 2 is 1.69 bits per heavy atom. The van der Waals surface area contributed by atoms with Crippen LogP contribution in [0.15, 0.2) is 40.6 Å². The SMILES string of the molecule is CC1=CC2=NC=CC2=C1.C[SiH](C)O.[Cl-].[Cl-].[Zr+2]. The Hall–Kier alpha value is 0.530. The fraction of sp³-hybridized carbons (Fsp3) is 0.300. The minimum atomic E-state index is -1.14. The van der Waals surface area contributed by atoms with Crippen molar-refractivity contribution in [3.05, 3.63) is 35.6 Å². The third-order valence-corrected chi connectivity index (χ3v) is 1.51. The number of allylic oxidation sites excluding steroid dienone is 5. The molecule has 0 aromatic heterocycles. The number of nitrogens with zero attached hydrogens (tertiary/aromatic N) is 1. The Labute approximate surface area is 130 Å². The van der Waals surface area contributed by atoms with Crippen LogP contribution in [-0.2, 0) is 26.2 Å². The van der Waals surface area contributed by atoms with E-state index in [-0.39, 0.29) is 51.0 Å². The van der Waals surface area contributed by atoms with Gasteiger partial charge >= 0.3 is 26.2 Å². The summed E-state index contributed by atoms with van der Waals surface area (Å²) < 4.78 is 0. The van der Waals surface area contributed by atoms with Gasteiger partial charge in [-0.05, 0) is 43.8 Å². The van der Waals surface area contributed by atoms with E-state index in [9.17, 15) is 0 Å². The second-order valence-corrected chi connectivity index (χ2v) is 5.60. The Morgan fingerprint density at radius 3 is 2.12 bits per heavy atom. The Morgan fingerprint density at radius 1 is 1.19 bits per heavy atom. The summed E-state index contributed by atoms with van der Waals surface area (Å²) in [5.41, 5.74) is 3.67. The van der Waals surface area contributed by atoms with Crippen LogP contribution >= 0.6 is 0 Å².